The van der Waals surface area contributed by atoms with Crippen LogP contribution in [0, 0.1) is 0 Å². The maximum Gasteiger partial charge on any atom is 0.250 e. The fraction of sp³-hybridized carbons (Fsp3) is 0.235. The number of phenols is 1. The molecule has 2 aromatic carbocycles. The van der Waals surface area contributed by atoms with Crippen LogP contribution in [0.15, 0.2) is 48.5 Å². The van der Waals surface area contributed by atoms with E-state index in [2.05, 4.69) is 5.32 Å². The minimum atomic E-state index is -0.274. The van der Waals surface area contributed by atoms with E-state index in [0.717, 1.165) is 12.0 Å². The Morgan fingerprint density at radius 1 is 1.14 bits per heavy atom. The highest BCUT2D eigenvalue weighted by Crippen LogP contribution is 2.25. The molecule has 21 heavy (non-hydrogen) atoms. The van der Waals surface area contributed by atoms with Gasteiger partial charge in [0, 0.05) is 6.61 Å². The zero-order chi connectivity index (χ0) is 15.1. The van der Waals surface area contributed by atoms with Gasteiger partial charge in [0.1, 0.15) is 12.4 Å². The van der Waals surface area contributed by atoms with Crippen LogP contribution in [0.2, 0.25) is 0 Å². The summed E-state index contributed by atoms with van der Waals surface area (Å²) in [4.78, 5) is 11.6. The first kappa shape index (κ1) is 15.1. The Hall–Kier alpha value is -2.33. The lowest BCUT2D eigenvalue weighted by molar-refractivity contribution is -0.120. The van der Waals surface area contributed by atoms with Crippen LogP contribution in [0.1, 0.15) is 18.1 Å². The summed E-state index contributed by atoms with van der Waals surface area (Å²) in [5.41, 5.74) is 2.61. The van der Waals surface area contributed by atoms with E-state index < -0.39 is 0 Å². The Morgan fingerprint density at radius 3 is 2.62 bits per heavy atom. The number of hydrogen-bond donors (Lipinski definition) is 2. The van der Waals surface area contributed by atoms with Gasteiger partial charge in [-0.3, -0.25) is 4.79 Å². The van der Waals surface area contributed by atoms with Crippen LogP contribution >= 0.6 is 0 Å². The lowest BCUT2D eigenvalue weighted by Crippen LogP contribution is -2.18. The number of benzene rings is 2. The molecule has 1 amide bonds. The van der Waals surface area contributed by atoms with Gasteiger partial charge < -0.3 is 15.2 Å². The second-order valence-corrected chi connectivity index (χ2v) is 4.70. The fourth-order valence-corrected chi connectivity index (χ4v) is 2.01. The number of carbonyl (C=O) groups is 1. The van der Waals surface area contributed by atoms with Gasteiger partial charge in [-0.1, -0.05) is 36.4 Å². The van der Waals surface area contributed by atoms with Crippen LogP contribution in [0.3, 0.4) is 0 Å². The lowest BCUT2D eigenvalue weighted by atomic mass is 10.0. The summed E-state index contributed by atoms with van der Waals surface area (Å²) in [5, 5.41) is 12.5. The number of hydrogen-bond acceptors (Lipinski definition) is 3. The third kappa shape index (κ3) is 4.61. The third-order valence-corrected chi connectivity index (χ3v) is 3.02. The van der Waals surface area contributed by atoms with Gasteiger partial charge in [-0.15, -0.1) is 0 Å². The Bertz CT molecular complexity index is 596. The van der Waals surface area contributed by atoms with Gasteiger partial charge in [0.25, 0.3) is 0 Å². The first-order valence-electron chi connectivity index (χ1n) is 6.92. The summed E-state index contributed by atoms with van der Waals surface area (Å²) < 4.78 is 5.04. The summed E-state index contributed by atoms with van der Waals surface area (Å²) in [5.74, 6) is -0.222. The molecule has 0 radical (unpaired) electrons. The zero-order valence-corrected chi connectivity index (χ0v) is 12.0. The number of phenolic OH excluding ortho intramolecular Hbond substituents is 1. The van der Waals surface area contributed by atoms with Crippen molar-refractivity contribution in [3.05, 3.63) is 59.7 Å². The standard InChI is InChI=1S/C17H19NO3/c1-2-21-12-17(20)18-15-11-14(8-9-16(15)19)10-13-6-4-3-5-7-13/h3-9,11,19H,2,10,12H2,1H3,(H,18,20). The Kier molecular flexibility index (Phi) is 5.35. The largest absolute Gasteiger partial charge is 0.506 e. The van der Waals surface area contributed by atoms with Crippen molar-refractivity contribution in [1.82, 2.24) is 0 Å². The van der Waals surface area contributed by atoms with Crippen molar-refractivity contribution < 1.29 is 14.6 Å². The van der Waals surface area contributed by atoms with Crippen molar-refractivity contribution in [2.24, 2.45) is 0 Å². The highest BCUT2D eigenvalue weighted by atomic mass is 16.5. The van der Waals surface area contributed by atoms with Gasteiger partial charge in [0.05, 0.1) is 5.69 Å². The van der Waals surface area contributed by atoms with Crippen molar-refractivity contribution in [3.8, 4) is 5.75 Å². The van der Waals surface area contributed by atoms with E-state index in [4.69, 9.17) is 4.74 Å². The number of ether oxygens (including phenoxy) is 1. The molecule has 2 rings (SSSR count). The molecule has 0 atom stereocenters. The summed E-state index contributed by atoms with van der Waals surface area (Å²) in [6.07, 6.45) is 0.745. The van der Waals surface area contributed by atoms with Gasteiger partial charge in [0.15, 0.2) is 0 Å². The summed E-state index contributed by atoms with van der Waals surface area (Å²) in [7, 11) is 0. The molecule has 0 unspecified atom stereocenters. The Balaban J connectivity index is 2.08. The minimum Gasteiger partial charge on any atom is -0.506 e. The molecule has 0 saturated heterocycles. The molecular weight excluding hydrogens is 266 g/mol. The summed E-state index contributed by atoms with van der Waals surface area (Å²) in [6.45, 7) is 2.29. The number of aromatic hydroxyl groups is 1. The highest BCUT2D eigenvalue weighted by Gasteiger charge is 2.08. The number of rotatable bonds is 6. The molecule has 0 aromatic heterocycles. The van der Waals surface area contributed by atoms with Crippen LogP contribution in [-0.2, 0) is 16.0 Å². The molecule has 2 aromatic rings. The summed E-state index contributed by atoms with van der Waals surface area (Å²) >= 11 is 0. The van der Waals surface area contributed by atoms with Gasteiger partial charge >= 0.3 is 0 Å². The van der Waals surface area contributed by atoms with E-state index in [1.165, 1.54) is 5.56 Å². The first-order valence-corrected chi connectivity index (χ1v) is 6.92. The van der Waals surface area contributed by atoms with Crippen LogP contribution in [-0.4, -0.2) is 24.2 Å². The fourth-order valence-electron chi connectivity index (χ4n) is 2.01. The molecule has 0 heterocycles. The average Bonchev–Trinajstić information content (AvgIpc) is 2.49. The molecule has 0 saturated carbocycles. The lowest BCUT2D eigenvalue weighted by Gasteiger charge is -2.10. The molecule has 0 fully saturated rings. The molecule has 0 bridgehead atoms. The predicted molar refractivity (Wildman–Crippen MR) is 82.5 cm³/mol. The molecule has 0 aliphatic heterocycles. The van der Waals surface area contributed by atoms with Crippen molar-refractivity contribution >= 4 is 11.6 Å². The van der Waals surface area contributed by atoms with Crippen molar-refractivity contribution in [2.75, 3.05) is 18.5 Å². The van der Waals surface area contributed by atoms with Gasteiger partial charge in [-0.05, 0) is 36.6 Å². The maximum atomic E-state index is 11.6. The van der Waals surface area contributed by atoms with E-state index in [1.54, 1.807) is 12.1 Å². The van der Waals surface area contributed by atoms with Crippen LogP contribution in [0.5, 0.6) is 5.75 Å². The molecule has 2 N–H and O–H groups in total. The molecule has 0 spiro atoms. The van der Waals surface area contributed by atoms with Gasteiger partial charge in [-0.25, -0.2) is 0 Å². The maximum absolute atomic E-state index is 11.6. The van der Waals surface area contributed by atoms with Crippen molar-refractivity contribution in [1.29, 1.82) is 0 Å². The number of amides is 1. The average molecular weight is 285 g/mol. The SMILES string of the molecule is CCOCC(=O)Nc1cc(Cc2ccccc2)ccc1O. The van der Waals surface area contributed by atoms with E-state index in [-0.39, 0.29) is 18.3 Å². The normalized spacial score (nSPS) is 10.3. The zero-order valence-electron chi connectivity index (χ0n) is 12.0. The third-order valence-electron chi connectivity index (χ3n) is 3.02. The van der Waals surface area contributed by atoms with Crippen LogP contribution in [0.4, 0.5) is 5.69 Å². The smallest absolute Gasteiger partial charge is 0.250 e. The van der Waals surface area contributed by atoms with Crippen LogP contribution in [0.25, 0.3) is 0 Å². The second-order valence-electron chi connectivity index (χ2n) is 4.70. The van der Waals surface area contributed by atoms with Crippen molar-refractivity contribution in [2.45, 2.75) is 13.3 Å². The molecule has 0 aliphatic rings. The number of nitrogens with one attached hydrogen (secondary N) is 1. The van der Waals surface area contributed by atoms with E-state index >= 15 is 0 Å². The number of carbonyl (C=O) groups excluding carboxylic acids is 1. The Labute approximate surface area is 124 Å². The van der Waals surface area contributed by atoms with Gasteiger partial charge in [0.2, 0.25) is 5.91 Å². The van der Waals surface area contributed by atoms with Crippen LogP contribution < -0.4 is 5.32 Å². The van der Waals surface area contributed by atoms with E-state index in [9.17, 15) is 9.90 Å². The quantitative estimate of drug-likeness (QED) is 0.802. The minimum absolute atomic E-state index is 0.0150. The second kappa shape index (κ2) is 7.45. The molecule has 4 nitrogen and oxygen atoms in total. The molecule has 4 heteroatoms. The summed E-state index contributed by atoms with van der Waals surface area (Å²) in [6, 6.07) is 15.3. The topological polar surface area (TPSA) is 58.6 Å². The van der Waals surface area contributed by atoms with Crippen molar-refractivity contribution in [3.63, 3.8) is 0 Å². The Morgan fingerprint density at radius 2 is 1.90 bits per heavy atom. The molecule has 0 aliphatic carbocycles. The van der Waals surface area contributed by atoms with E-state index in [1.807, 2.05) is 43.3 Å². The number of anilines is 1. The van der Waals surface area contributed by atoms with E-state index in [0.29, 0.717) is 12.3 Å². The molecular formula is C17H19NO3. The highest BCUT2D eigenvalue weighted by molar-refractivity contribution is 5.93. The first-order chi connectivity index (χ1) is 10.2. The monoisotopic (exact) mass is 285 g/mol. The van der Waals surface area contributed by atoms with Gasteiger partial charge in [-0.2, -0.15) is 0 Å². The molecule has 110 valence electrons. The predicted octanol–water partition coefficient (Wildman–Crippen LogP) is 2.96.